The molecule has 1 atom stereocenters. The van der Waals surface area contributed by atoms with E-state index in [0.717, 1.165) is 5.69 Å². The number of hydrogen-bond donors (Lipinski definition) is 2. The van der Waals surface area contributed by atoms with E-state index in [1.165, 1.54) is 0 Å². The predicted octanol–water partition coefficient (Wildman–Crippen LogP) is -0.296. The second kappa shape index (κ2) is 5.13. The molecule has 1 rings (SSSR count). The first-order valence-corrected chi connectivity index (χ1v) is 3.55. The number of imidazole rings is 1. The molecule has 1 unspecified atom stereocenters. The first-order valence-electron chi connectivity index (χ1n) is 3.55. The van der Waals surface area contributed by atoms with Crippen LogP contribution < -0.4 is 5.73 Å². The number of nitrogens with two attached hydrogens (primary N) is 1. The molecule has 5 heteroatoms. The predicted molar refractivity (Wildman–Crippen MR) is 49.2 cm³/mol. The van der Waals surface area contributed by atoms with Crippen molar-refractivity contribution in [2.45, 2.75) is 12.5 Å². The van der Waals surface area contributed by atoms with Crippen LogP contribution in [0, 0.1) is 0 Å². The molecule has 0 radical (unpaired) electrons. The molecule has 0 amide bonds. The van der Waals surface area contributed by atoms with Crippen molar-refractivity contribution in [3.8, 4) is 0 Å². The quantitative estimate of drug-likeness (QED) is 0.690. The highest BCUT2D eigenvalue weighted by Gasteiger charge is 2.04. The highest BCUT2D eigenvalue weighted by Crippen LogP contribution is 1.98. The molecule has 0 bridgehead atoms. The van der Waals surface area contributed by atoms with Gasteiger partial charge in [0.25, 0.3) is 0 Å². The number of halogens is 1. The smallest absolute Gasteiger partial charge is 0.0945 e. The summed E-state index contributed by atoms with van der Waals surface area (Å²) in [5, 5.41) is 8.67. The lowest BCUT2D eigenvalue weighted by molar-refractivity contribution is 0.264. The van der Waals surface area contributed by atoms with Crippen molar-refractivity contribution in [3.63, 3.8) is 0 Å². The molecule has 0 aliphatic heterocycles. The van der Waals surface area contributed by atoms with Crippen molar-refractivity contribution in [1.29, 1.82) is 0 Å². The standard InChI is InChI=1S/C7H13N3O.ClH/c1-10-5-9-3-7(10)2-6(8)4-11;/h3,5-6,11H,2,4,8H2,1H3;1H. The third-order valence-electron chi connectivity index (χ3n) is 1.62. The van der Waals surface area contributed by atoms with Crippen molar-refractivity contribution in [3.05, 3.63) is 18.2 Å². The Morgan fingerprint density at radius 1 is 1.75 bits per heavy atom. The normalized spacial score (nSPS) is 12.2. The summed E-state index contributed by atoms with van der Waals surface area (Å²) in [4.78, 5) is 3.93. The average molecular weight is 192 g/mol. The number of aryl methyl sites for hydroxylation is 1. The maximum Gasteiger partial charge on any atom is 0.0945 e. The Bertz CT molecular complexity index is 226. The van der Waals surface area contributed by atoms with Gasteiger partial charge in [-0.25, -0.2) is 4.98 Å². The largest absolute Gasteiger partial charge is 0.395 e. The second-order valence-corrected chi connectivity index (χ2v) is 2.64. The van der Waals surface area contributed by atoms with E-state index in [1.807, 2.05) is 11.6 Å². The Labute approximate surface area is 77.8 Å². The monoisotopic (exact) mass is 191 g/mol. The molecule has 0 aliphatic carbocycles. The van der Waals surface area contributed by atoms with E-state index >= 15 is 0 Å². The first-order chi connectivity index (χ1) is 5.24. The van der Waals surface area contributed by atoms with E-state index in [-0.39, 0.29) is 25.1 Å². The van der Waals surface area contributed by atoms with Crippen molar-refractivity contribution in [2.75, 3.05) is 6.61 Å². The molecule has 4 nitrogen and oxygen atoms in total. The molecular formula is C7H14ClN3O. The Hall–Kier alpha value is -0.580. The number of nitrogens with zero attached hydrogens (tertiary/aromatic N) is 2. The van der Waals surface area contributed by atoms with Gasteiger partial charge in [0, 0.05) is 31.4 Å². The van der Waals surface area contributed by atoms with Gasteiger partial charge in [0.1, 0.15) is 0 Å². The molecule has 0 aromatic carbocycles. The van der Waals surface area contributed by atoms with Crippen molar-refractivity contribution in [1.82, 2.24) is 9.55 Å². The van der Waals surface area contributed by atoms with Gasteiger partial charge < -0.3 is 15.4 Å². The first kappa shape index (κ1) is 11.4. The summed E-state index contributed by atoms with van der Waals surface area (Å²) in [7, 11) is 1.91. The van der Waals surface area contributed by atoms with Crippen LogP contribution in [-0.4, -0.2) is 27.3 Å². The zero-order valence-electron chi connectivity index (χ0n) is 6.97. The third kappa shape index (κ3) is 2.81. The van der Waals surface area contributed by atoms with E-state index in [0.29, 0.717) is 6.42 Å². The summed E-state index contributed by atoms with van der Waals surface area (Å²) < 4.78 is 1.90. The highest BCUT2D eigenvalue weighted by atomic mass is 35.5. The Kier molecular flexibility index (Phi) is 4.89. The molecule has 1 aromatic heterocycles. The number of aliphatic hydroxyl groups excluding tert-OH is 1. The SMILES string of the molecule is Cl.Cn1cncc1CC(N)CO. The van der Waals surface area contributed by atoms with Gasteiger partial charge in [-0.3, -0.25) is 0 Å². The van der Waals surface area contributed by atoms with Crippen molar-refractivity contribution in [2.24, 2.45) is 12.8 Å². The Balaban J connectivity index is 0.00000121. The highest BCUT2D eigenvalue weighted by molar-refractivity contribution is 5.85. The van der Waals surface area contributed by atoms with E-state index in [2.05, 4.69) is 4.98 Å². The zero-order chi connectivity index (χ0) is 8.27. The summed E-state index contributed by atoms with van der Waals surface area (Å²) in [5.41, 5.74) is 6.59. The summed E-state index contributed by atoms with van der Waals surface area (Å²) in [5.74, 6) is 0. The van der Waals surface area contributed by atoms with Crippen LogP contribution in [0.5, 0.6) is 0 Å². The number of rotatable bonds is 3. The fourth-order valence-electron chi connectivity index (χ4n) is 0.914. The van der Waals surface area contributed by atoms with E-state index < -0.39 is 0 Å². The van der Waals surface area contributed by atoms with Gasteiger partial charge in [-0.2, -0.15) is 0 Å². The third-order valence-corrected chi connectivity index (χ3v) is 1.62. The summed E-state index contributed by atoms with van der Waals surface area (Å²) >= 11 is 0. The van der Waals surface area contributed by atoms with Crippen LogP contribution in [0.25, 0.3) is 0 Å². The average Bonchev–Trinajstić information content (AvgIpc) is 2.37. The number of aromatic nitrogens is 2. The second-order valence-electron chi connectivity index (χ2n) is 2.64. The Morgan fingerprint density at radius 2 is 2.42 bits per heavy atom. The molecule has 3 N–H and O–H groups in total. The Morgan fingerprint density at radius 3 is 2.83 bits per heavy atom. The van der Waals surface area contributed by atoms with Crippen LogP contribution in [0.15, 0.2) is 12.5 Å². The lowest BCUT2D eigenvalue weighted by Crippen LogP contribution is -2.27. The van der Waals surface area contributed by atoms with E-state index in [1.54, 1.807) is 12.5 Å². The van der Waals surface area contributed by atoms with Gasteiger partial charge in [-0.05, 0) is 0 Å². The molecule has 70 valence electrons. The molecule has 0 saturated carbocycles. The van der Waals surface area contributed by atoms with E-state index in [9.17, 15) is 0 Å². The number of aliphatic hydroxyl groups is 1. The molecule has 0 saturated heterocycles. The fraction of sp³-hybridized carbons (Fsp3) is 0.571. The topological polar surface area (TPSA) is 64.1 Å². The minimum atomic E-state index is -0.176. The van der Waals surface area contributed by atoms with Crippen LogP contribution in [0.1, 0.15) is 5.69 Å². The summed E-state index contributed by atoms with van der Waals surface area (Å²) in [6.07, 6.45) is 4.15. The van der Waals surface area contributed by atoms with Gasteiger partial charge in [0.2, 0.25) is 0 Å². The van der Waals surface area contributed by atoms with Gasteiger partial charge >= 0.3 is 0 Å². The minimum absolute atomic E-state index is 0. The lowest BCUT2D eigenvalue weighted by atomic mass is 10.2. The van der Waals surface area contributed by atoms with Gasteiger partial charge in [-0.15, -0.1) is 12.4 Å². The van der Waals surface area contributed by atoms with Crippen LogP contribution in [0.2, 0.25) is 0 Å². The zero-order valence-corrected chi connectivity index (χ0v) is 7.79. The minimum Gasteiger partial charge on any atom is -0.395 e. The summed E-state index contributed by atoms with van der Waals surface area (Å²) in [6, 6.07) is -0.176. The lowest BCUT2D eigenvalue weighted by Gasteiger charge is -2.07. The van der Waals surface area contributed by atoms with Crippen LogP contribution >= 0.6 is 12.4 Å². The van der Waals surface area contributed by atoms with Crippen LogP contribution in [0.4, 0.5) is 0 Å². The van der Waals surface area contributed by atoms with Crippen molar-refractivity contribution >= 4 is 12.4 Å². The maximum absolute atomic E-state index is 8.67. The molecule has 0 aliphatic rings. The summed E-state index contributed by atoms with van der Waals surface area (Å²) in [6.45, 7) is 0.0190. The molecule has 0 spiro atoms. The molecular weight excluding hydrogens is 178 g/mol. The number of hydrogen-bond acceptors (Lipinski definition) is 3. The van der Waals surface area contributed by atoms with Gasteiger partial charge in [0.15, 0.2) is 0 Å². The van der Waals surface area contributed by atoms with Crippen LogP contribution in [0.3, 0.4) is 0 Å². The molecule has 1 heterocycles. The molecule has 0 fully saturated rings. The molecule has 1 aromatic rings. The molecule has 12 heavy (non-hydrogen) atoms. The van der Waals surface area contributed by atoms with Crippen molar-refractivity contribution < 1.29 is 5.11 Å². The van der Waals surface area contributed by atoms with Gasteiger partial charge in [0.05, 0.1) is 12.9 Å². The van der Waals surface area contributed by atoms with Gasteiger partial charge in [-0.1, -0.05) is 0 Å². The fourth-order valence-corrected chi connectivity index (χ4v) is 0.914. The van der Waals surface area contributed by atoms with E-state index in [4.69, 9.17) is 10.8 Å². The van der Waals surface area contributed by atoms with Crippen LogP contribution in [-0.2, 0) is 13.5 Å². The maximum atomic E-state index is 8.67.